The number of amides is 2. The molecule has 0 unspecified atom stereocenters. The van der Waals surface area contributed by atoms with Crippen LogP contribution in [0.2, 0.25) is 0 Å². The minimum absolute atomic E-state index is 0.113. The molecule has 2 amide bonds. The number of benzene rings is 2. The summed E-state index contributed by atoms with van der Waals surface area (Å²) in [7, 11) is 0. The molecule has 1 aliphatic rings. The van der Waals surface area contributed by atoms with E-state index in [1.54, 1.807) is 16.7 Å². The fraction of sp³-hybridized carbons (Fsp3) is 0.364. The maximum atomic E-state index is 13.1. The number of hydrogen-bond donors (Lipinski definition) is 2. The maximum absolute atomic E-state index is 13.1. The van der Waals surface area contributed by atoms with Gasteiger partial charge >= 0.3 is 0 Å². The average molecular weight is 399 g/mol. The van der Waals surface area contributed by atoms with Crippen molar-refractivity contribution in [3.05, 3.63) is 71.3 Å². The third-order valence-corrected chi connectivity index (χ3v) is 5.68. The summed E-state index contributed by atoms with van der Waals surface area (Å²) >= 11 is 1.67. The average Bonchev–Trinajstić information content (AvgIpc) is 3.06. The molecule has 1 heterocycles. The van der Waals surface area contributed by atoms with Gasteiger partial charge in [0, 0.05) is 18.5 Å². The number of fused-ring (bicyclic) bond motifs is 1. The van der Waals surface area contributed by atoms with E-state index in [-0.39, 0.29) is 24.5 Å². The van der Waals surface area contributed by atoms with Crippen molar-refractivity contribution in [3.8, 4) is 0 Å². The third kappa shape index (κ3) is 4.75. The van der Waals surface area contributed by atoms with Gasteiger partial charge in [0.15, 0.2) is 0 Å². The summed E-state index contributed by atoms with van der Waals surface area (Å²) in [6.45, 7) is 0.313. The van der Waals surface area contributed by atoms with Crippen molar-refractivity contribution in [2.45, 2.75) is 31.5 Å². The van der Waals surface area contributed by atoms with Gasteiger partial charge in [0.2, 0.25) is 5.91 Å². The van der Waals surface area contributed by atoms with Gasteiger partial charge in [-0.25, -0.2) is 0 Å². The van der Waals surface area contributed by atoms with E-state index in [0.29, 0.717) is 24.9 Å². The lowest BCUT2D eigenvalue weighted by molar-refractivity contribution is -0.126. The minimum Gasteiger partial charge on any atom is -0.394 e. The van der Waals surface area contributed by atoms with Crippen LogP contribution in [0.3, 0.4) is 0 Å². The maximum Gasteiger partial charge on any atom is 0.255 e. The number of thioether (sulfide) groups is 1. The Labute approximate surface area is 170 Å². The largest absolute Gasteiger partial charge is 0.394 e. The molecule has 2 aromatic rings. The summed E-state index contributed by atoms with van der Waals surface area (Å²) in [4.78, 5) is 27.7. The number of aliphatic hydroxyl groups is 1. The van der Waals surface area contributed by atoms with Gasteiger partial charge < -0.3 is 15.3 Å². The smallest absolute Gasteiger partial charge is 0.255 e. The van der Waals surface area contributed by atoms with Gasteiger partial charge in [0.1, 0.15) is 6.04 Å². The summed E-state index contributed by atoms with van der Waals surface area (Å²) in [6.07, 6.45) is 3.12. The number of nitrogens with one attached hydrogen (secondary N) is 1. The number of rotatable bonds is 9. The zero-order valence-electron chi connectivity index (χ0n) is 16.0. The number of carbonyl (C=O) groups excluding carboxylic acids is 2. The second kappa shape index (κ2) is 9.75. The van der Waals surface area contributed by atoms with E-state index in [1.165, 1.54) is 0 Å². The van der Waals surface area contributed by atoms with Crippen LogP contribution in [0.1, 0.15) is 27.9 Å². The monoisotopic (exact) mass is 398 g/mol. The van der Waals surface area contributed by atoms with Crippen molar-refractivity contribution in [2.24, 2.45) is 0 Å². The molecule has 0 saturated carbocycles. The third-order valence-electron chi connectivity index (χ3n) is 5.04. The highest BCUT2D eigenvalue weighted by atomic mass is 32.2. The van der Waals surface area contributed by atoms with Crippen LogP contribution in [0.15, 0.2) is 54.6 Å². The van der Waals surface area contributed by atoms with Crippen molar-refractivity contribution < 1.29 is 14.7 Å². The lowest BCUT2D eigenvalue weighted by atomic mass is 10.0. The summed E-state index contributed by atoms with van der Waals surface area (Å²) in [5.74, 6) is 0.518. The van der Waals surface area contributed by atoms with Crippen LogP contribution < -0.4 is 5.32 Å². The Kier molecular flexibility index (Phi) is 7.12. The number of nitrogens with zero attached hydrogens (tertiary/aromatic N) is 1. The van der Waals surface area contributed by atoms with Gasteiger partial charge in [-0.2, -0.15) is 11.8 Å². The van der Waals surface area contributed by atoms with Crippen LogP contribution in [0.25, 0.3) is 0 Å². The zero-order chi connectivity index (χ0) is 19.9. The van der Waals surface area contributed by atoms with Crippen LogP contribution in [-0.2, 0) is 17.8 Å². The first-order valence-electron chi connectivity index (χ1n) is 9.47. The van der Waals surface area contributed by atoms with E-state index < -0.39 is 6.04 Å². The van der Waals surface area contributed by atoms with Crippen molar-refractivity contribution in [1.29, 1.82) is 0 Å². The predicted molar refractivity (Wildman–Crippen MR) is 112 cm³/mol. The summed E-state index contributed by atoms with van der Waals surface area (Å²) < 4.78 is 0. The van der Waals surface area contributed by atoms with E-state index >= 15 is 0 Å². The van der Waals surface area contributed by atoms with Crippen molar-refractivity contribution in [1.82, 2.24) is 10.2 Å². The fourth-order valence-electron chi connectivity index (χ4n) is 3.48. The Morgan fingerprint density at radius 3 is 2.57 bits per heavy atom. The summed E-state index contributed by atoms with van der Waals surface area (Å²) in [5, 5.41) is 12.6. The molecular formula is C22H26N2O3S. The quantitative estimate of drug-likeness (QED) is 0.681. The highest BCUT2D eigenvalue weighted by molar-refractivity contribution is 7.98. The normalized spacial score (nSPS) is 15.2. The second-order valence-corrected chi connectivity index (χ2v) is 7.95. The molecule has 0 aromatic heterocycles. The van der Waals surface area contributed by atoms with E-state index in [0.717, 1.165) is 16.9 Å². The van der Waals surface area contributed by atoms with Crippen molar-refractivity contribution in [2.75, 3.05) is 18.6 Å². The van der Waals surface area contributed by atoms with Gasteiger partial charge in [0.05, 0.1) is 12.6 Å². The molecule has 148 valence electrons. The molecule has 1 aliphatic heterocycles. The van der Waals surface area contributed by atoms with Crippen molar-refractivity contribution in [3.63, 3.8) is 0 Å². The van der Waals surface area contributed by atoms with Gasteiger partial charge in [0.25, 0.3) is 5.91 Å². The molecule has 0 radical (unpaired) electrons. The van der Waals surface area contributed by atoms with Crippen LogP contribution in [0, 0.1) is 0 Å². The molecule has 0 aliphatic carbocycles. The fourth-order valence-corrected chi connectivity index (χ4v) is 4.00. The highest BCUT2D eigenvalue weighted by Gasteiger charge is 2.36. The molecular weight excluding hydrogens is 372 g/mol. The molecule has 2 aromatic carbocycles. The Morgan fingerprint density at radius 1 is 1.18 bits per heavy atom. The Hall–Kier alpha value is -2.31. The zero-order valence-corrected chi connectivity index (χ0v) is 16.8. The molecule has 3 rings (SSSR count). The van der Waals surface area contributed by atoms with Gasteiger partial charge in [-0.05, 0) is 35.6 Å². The molecule has 0 bridgehead atoms. The molecule has 2 atom stereocenters. The lowest BCUT2D eigenvalue weighted by Crippen LogP contribution is -2.51. The second-order valence-electron chi connectivity index (χ2n) is 6.97. The van der Waals surface area contributed by atoms with E-state index in [4.69, 9.17) is 0 Å². The highest BCUT2D eigenvalue weighted by Crippen LogP contribution is 2.26. The first-order valence-corrected chi connectivity index (χ1v) is 10.9. The van der Waals surface area contributed by atoms with E-state index in [1.807, 2.05) is 60.9 Å². The van der Waals surface area contributed by atoms with Crippen LogP contribution in [-0.4, -0.2) is 52.5 Å². The van der Waals surface area contributed by atoms with E-state index in [2.05, 4.69) is 5.32 Å². The topological polar surface area (TPSA) is 69.6 Å². The minimum atomic E-state index is -0.620. The molecule has 5 nitrogen and oxygen atoms in total. The van der Waals surface area contributed by atoms with Crippen LogP contribution >= 0.6 is 11.8 Å². The number of aliphatic hydroxyl groups excluding tert-OH is 1. The lowest BCUT2D eigenvalue weighted by Gasteiger charge is -2.29. The molecule has 2 N–H and O–H groups in total. The van der Waals surface area contributed by atoms with Gasteiger partial charge in [-0.15, -0.1) is 0 Å². The summed E-state index contributed by atoms with van der Waals surface area (Å²) in [5.41, 5.74) is 2.60. The van der Waals surface area contributed by atoms with Crippen LogP contribution in [0.5, 0.6) is 0 Å². The van der Waals surface area contributed by atoms with Gasteiger partial charge in [-0.3, -0.25) is 9.59 Å². The standard InChI is InChI=1S/C22H26N2O3S/c1-28-12-11-18(15-25)23-21(26)20(13-16-7-3-2-4-8-16)24-14-17-9-5-6-10-19(17)22(24)27/h2-10,18,20,25H,11-15H2,1H3,(H,23,26)/t18-,20-/m0/s1. The Bertz CT molecular complexity index is 812. The SMILES string of the molecule is CSCC[C@@H](CO)NC(=O)[C@H](Cc1ccccc1)N1Cc2ccccc2C1=O. The molecule has 0 saturated heterocycles. The first kappa shape index (κ1) is 20.4. The Morgan fingerprint density at radius 2 is 1.89 bits per heavy atom. The number of carbonyl (C=O) groups is 2. The van der Waals surface area contributed by atoms with Gasteiger partial charge in [-0.1, -0.05) is 48.5 Å². The van der Waals surface area contributed by atoms with Crippen molar-refractivity contribution >= 4 is 23.6 Å². The van der Waals surface area contributed by atoms with Crippen LogP contribution in [0.4, 0.5) is 0 Å². The summed E-state index contributed by atoms with van der Waals surface area (Å²) in [6, 6.07) is 16.3. The first-order chi connectivity index (χ1) is 13.6. The molecule has 0 fully saturated rings. The Balaban J connectivity index is 1.81. The molecule has 28 heavy (non-hydrogen) atoms. The molecule has 0 spiro atoms. The van der Waals surface area contributed by atoms with E-state index in [9.17, 15) is 14.7 Å². The number of hydrogen-bond acceptors (Lipinski definition) is 4. The predicted octanol–water partition coefficient (Wildman–Crippen LogP) is 2.48. The molecule has 6 heteroatoms.